The first-order valence-corrected chi connectivity index (χ1v) is 8.02. The number of aromatic nitrogens is 1. The van der Waals surface area contributed by atoms with E-state index < -0.39 is 0 Å². The summed E-state index contributed by atoms with van der Waals surface area (Å²) in [6.07, 6.45) is 2.94. The molecular weight excluding hydrogens is 264 g/mol. The zero-order valence-corrected chi connectivity index (χ0v) is 12.9. The van der Waals surface area contributed by atoms with Crippen molar-refractivity contribution in [2.75, 3.05) is 5.75 Å². The fourth-order valence-electron chi connectivity index (χ4n) is 2.08. The van der Waals surface area contributed by atoms with Crippen LogP contribution in [0.4, 0.5) is 0 Å². The molecule has 0 radical (unpaired) electrons. The van der Waals surface area contributed by atoms with Gasteiger partial charge in [0.1, 0.15) is 0 Å². The Bertz CT molecular complexity index is 508. The molecule has 1 atom stereocenters. The highest BCUT2D eigenvalue weighted by Gasteiger charge is 2.07. The van der Waals surface area contributed by atoms with Crippen LogP contribution in [0.2, 0.25) is 0 Å². The van der Waals surface area contributed by atoms with Crippen LogP contribution in [0.15, 0.2) is 53.7 Å². The number of nitrogens with zero attached hydrogens (tertiary/aromatic N) is 1. The monoisotopic (exact) mass is 286 g/mol. The summed E-state index contributed by atoms with van der Waals surface area (Å²) in [6, 6.07) is 14.7. The third kappa shape index (κ3) is 4.66. The molecule has 1 heterocycles. The van der Waals surface area contributed by atoms with E-state index in [1.807, 2.05) is 24.4 Å². The molecule has 106 valence electrons. The van der Waals surface area contributed by atoms with Gasteiger partial charge >= 0.3 is 0 Å². The zero-order chi connectivity index (χ0) is 14.4. The highest BCUT2D eigenvalue weighted by Crippen LogP contribution is 2.22. The Morgan fingerprint density at radius 3 is 2.45 bits per heavy atom. The minimum atomic E-state index is 0.0510. The molecule has 0 saturated heterocycles. The van der Waals surface area contributed by atoms with Gasteiger partial charge < -0.3 is 5.73 Å². The van der Waals surface area contributed by atoms with Crippen LogP contribution in [0.25, 0.3) is 0 Å². The van der Waals surface area contributed by atoms with Crippen molar-refractivity contribution in [3.63, 3.8) is 0 Å². The Morgan fingerprint density at radius 2 is 1.85 bits per heavy atom. The van der Waals surface area contributed by atoms with Gasteiger partial charge in [-0.15, -0.1) is 11.8 Å². The van der Waals surface area contributed by atoms with Gasteiger partial charge in [0.15, 0.2) is 0 Å². The zero-order valence-electron chi connectivity index (χ0n) is 12.1. The summed E-state index contributed by atoms with van der Waals surface area (Å²) in [7, 11) is 0. The summed E-state index contributed by atoms with van der Waals surface area (Å²) in [4.78, 5) is 4.30. The summed E-state index contributed by atoms with van der Waals surface area (Å²) in [5.41, 5.74) is 8.82. The first kappa shape index (κ1) is 15.1. The van der Waals surface area contributed by atoms with Crippen LogP contribution in [0, 0.1) is 5.92 Å². The molecule has 2 N–H and O–H groups in total. The first-order chi connectivity index (χ1) is 9.65. The van der Waals surface area contributed by atoms with Gasteiger partial charge in [-0.1, -0.05) is 44.2 Å². The molecule has 0 amide bonds. The number of benzene rings is 1. The highest BCUT2D eigenvalue weighted by molar-refractivity contribution is 7.99. The number of hydrogen-bond acceptors (Lipinski definition) is 3. The van der Waals surface area contributed by atoms with Gasteiger partial charge in [0.2, 0.25) is 0 Å². The lowest BCUT2D eigenvalue weighted by Crippen LogP contribution is -2.13. The molecule has 0 bridgehead atoms. The molecule has 2 nitrogen and oxygen atoms in total. The second-order valence-corrected chi connectivity index (χ2v) is 6.47. The van der Waals surface area contributed by atoms with Crippen molar-refractivity contribution in [2.24, 2.45) is 11.7 Å². The van der Waals surface area contributed by atoms with Gasteiger partial charge in [-0.3, -0.25) is 0 Å². The minimum absolute atomic E-state index is 0.0510. The van der Waals surface area contributed by atoms with Crippen molar-refractivity contribution in [3.8, 4) is 0 Å². The Labute approximate surface area is 125 Å². The third-order valence-corrected chi connectivity index (χ3v) is 4.16. The van der Waals surface area contributed by atoms with Crippen molar-refractivity contribution in [1.29, 1.82) is 0 Å². The molecule has 20 heavy (non-hydrogen) atoms. The lowest BCUT2D eigenvalue weighted by atomic mass is 10.0. The number of pyridine rings is 1. The second kappa shape index (κ2) is 7.46. The van der Waals surface area contributed by atoms with E-state index >= 15 is 0 Å². The second-order valence-electron chi connectivity index (χ2n) is 5.43. The Morgan fingerprint density at radius 1 is 1.10 bits per heavy atom. The Balaban J connectivity index is 1.90. The number of nitrogens with two attached hydrogens (primary N) is 1. The maximum Gasteiger partial charge on any atom is 0.0960 e. The van der Waals surface area contributed by atoms with Gasteiger partial charge in [-0.2, -0.15) is 0 Å². The predicted molar refractivity (Wildman–Crippen MR) is 86.9 cm³/mol. The average Bonchev–Trinajstić information content (AvgIpc) is 2.46. The quantitative estimate of drug-likeness (QED) is 0.813. The molecular formula is C17H22N2S. The van der Waals surface area contributed by atoms with Gasteiger partial charge in [-0.25, -0.2) is 4.98 Å². The summed E-state index contributed by atoms with van der Waals surface area (Å²) >= 11 is 1.70. The number of rotatable bonds is 6. The van der Waals surface area contributed by atoms with E-state index in [0.29, 0.717) is 5.92 Å². The van der Waals surface area contributed by atoms with Crippen molar-refractivity contribution in [1.82, 2.24) is 4.98 Å². The normalized spacial score (nSPS) is 12.6. The number of hydrogen-bond donors (Lipinski definition) is 1. The lowest BCUT2D eigenvalue weighted by Gasteiger charge is -2.12. The summed E-state index contributed by atoms with van der Waals surface area (Å²) in [5.74, 6) is 1.54. The van der Waals surface area contributed by atoms with E-state index in [1.54, 1.807) is 11.8 Å². The van der Waals surface area contributed by atoms with Crippen LogP contribution in [0.3, 0.4) is 0 Å². The molecule has 1 unspecified atom stereocenters. The van der Waals surface area contributed by atoms with Crippen molar-refractivity contribution < 1.29 is 0 Å². The number of thioether (sulfide) groups is 1. The van der Waals surface area contributed by atoms with Gasteiger partial charge in [0.05, 0.1) is 5.03 Å². The molecule has 0 spiro atoms. The molecule has 1 aromatic carbocycles. The molecule has 0 aliphatic carbocycles. The predicted octanol–water partition coefficient (Wildman–Crippen LogP) is 4.07. The molecule has 1 aromatic heterocycles. The molecule has 0 aliphatic heterocycles. The highest BCUT2D eigenvalue weighted by atomic mass is 32.2. The molecule has 3 heteroatoms. The summed E-state index contributed by atoms with van der Waals surface area (Å²) in [5, 5.41) is 1.03. The standard InChI is InChI=1S/C17H22N2S/c1-13(2)11-14-6-8-15(9-7-14)16(18)12-20-17-5-3-4-10-19-17/h3-10,13,16H,11-12,18H2,1-2H3. The third-order valence-electron chi connectivity index (χ3n) is 3.10. The van der Waals surface area contributed by atoms with Crippen LogP contribution < -0.4 is 5.73 Å². The lowest BCUT2D eigenvalue weighted by molar-refractivity contribution is 0.647. The van der Waals surface area contributed by atoms with Crippen molar-refractivity contribution >= 4 is 11.8 Å². The van der Waals surface area contributed by atoms with Crippen LogP contribution >= 0.6 is 11.8 Å². The van der Waals surface area contributed by atoms with Crippen LogP contribution in [-0.4, -0.2) is 10.7 Å². The largest absolute Gasteiger partial charge is 0.323 e. The van der Waals surface area contributed by atoms with E-state index in [0.717, 1.165) is 17.2 Å². The maximum absolute atomic E-state index is 6.25. The average molecular weight is 286 g/mol. The first-order valence-electron chi connectivity index (χ1n) is 7.03. The van der Waals surface area contributed by atoms with Crippen molar-refractivity contribution in [2.45, 2.75) is 31.3 Å². The molecule has 0 saturated carbocycles. The fourth-order valence-corrected chi connectivity index (χ4v) is 2.93. The molecule has 0 aliphatic rings. The maximum atomic E-state index is 6.25. The molecule has 0 fully saturated rings. The van der Waals surface area contributed by atoms with Crippen molar-refractivity contribution in [3.05, 3.63) is 59.8 Å². The van der Waals surface area contributed by atoms with Crippen LogP contribution in [-0.2, 0) is 6.42 Å². The Kier molecular flexibility index (Phi) is 5.62. The van der Waals surface area contributed by atoms with E-state index in [-0.39, 0.29) is 6.04 Å². The molecule has 2 rings (SSSR count). The minimum Gasteiger partial charge on any atom is -0.323 e. The molecule has 2 aromatic rings. The summed E-state index contributed by atoms with van der Waals surface area (Å²) in [6.45, 7) is 4.48. The van der Waals surface area contributed by atoms with Crippen LogP contribution in [0.1, 0.15) is 31.0 Å². The van der Waals surface area contributed by atoms with E-state index in [1.165, 1.54) is 11.1 Å². The van der Waals surface area contributed by atoms with Gasteiger partial charge in [-0.05, 0) is 35.6 Å². The van der Waals surface area contributed by atoms with Crippen LogP contribution in [0.5, 0.6) is 0 Å². The SMILES string of the molecule is CC(C)Cc1ccc(C(N)CSc2ccccn2)cc1. The summed E-state index contributed by atoms with van der Waals surface area (Å²) < 4.78 is 0. The van der Waals surface area contributed by atoms with Gasteiger partial charge in [0.25, 0.3) is 0 Å². The van der Waals surface area contributed by atoms with Gasteiger partial charge in [0, 0.05) is 18.0 Å². The smallest absolute Gasteiger partial charge is 0.0960 e. The Hall–Kier alpha value is -1.32. The topological polar surface area (TPSA) is 38.9 Å². The van der Waals surface area contributed by atoms with E-state index in [4.69, 9.17) is 5.73 Å². The fraction of sp³-hybridized carbons (Fsp3) is 0.353. The van der Waals surface area contributed by atoms with E-state index in [2.05, 4.69) is 43.1 Å². The van der Waals surface area contributed by atoms with E-state index in [9.17, 15) is 0 Å².